The summed E-state index contributed by atoms with van der Waals surface area (Å²) >= 11 is 0. The largest absolute Gasteiger partial charge is 0.373 e. The molecule has 4 nitrogen and oxygen atoms in total. The predicted molar refractivity (Wildman–Crippen MR) is 73.0 cm³/mol. The van der Waals surface area contributed by atoms with E-state index in [0.29, 0.717) is 31.3 Å². The first-order chi connectivity index (χ1) is 9.79. The molecule has 1 aliphatic rings. The zero-order valence-corrected chi connectivity index (χ0v) is 11.5. The molecule has 106 valence electrons. The molecule has 0 unspecified atom stereocenters. The summed E-state index contributed by atoms with van der Waals surface area (Å²) in [6.45, 7) is 3.07. The fourth-order valence-electron chi connectivity index (χ4n) is 2.55. The lowest BCUT2D eigenvalue weighted by Gasteiger charge is -2.11. The standard InChI is InChI=1S/C15H18FN3O/c1-2-8-20-10-14-17-15-12(16)9-13(19(15)18-14)11-6-4-3-5-7-11/h3-7,12-13H,2,8-10H2,1H3/t12-,13-/m0/s1. The fourth-order valence-corrected chi connectivity index (χ4v) is 2.55. The van der Waals surface area contributed by atoms with Crippen LogP contribution in [0.25, 0.3) is 0 Å². The summed E-state index contributed by atoms with van der Waals surface area (Å²) in [5.74, 6) is 0.991. The van der Waals surface area contributed by atoms with Crippen LogP contribution in [0.1, 0.15) is 49.2 Å². The first kappa shape index (κ1) is 13.2. The highest BCUT2D eigenvalue weighted by atomic mass is 19.1. The van der Waals surface area contributed by atoms with E-state index in [1.807, 2.05) is 37.3 Å². The van der Waals surface area contributed by atoms with Gasteiger partial charge in [0.25, 0.3) is 0 Å². The summed E-state index contributed by atoms with van der Waals surface area (Å²) in [6, 6.07) is 9.82. The number of fused-ring (bicyclic) bond motifs is 1. The van der Waals surface area contributed by atoms with Gasteiger partial charge in [-0.25, -0.2) is 14.1 Å². The highest BCUT2D eigenvalue weighted by molar-refractivity contribution is 5.23. The molecule has 2 aromatic rings. The molecule has 0 spiro atoms. The van der Waals surface area contributed by atoms with Crippen LogP contribution in [-0.2, 0) is 11.3 Å². The Labute approximate surface area is 117 Å². The van der Waals surface area contributed by atoms with Crippen molar-refractivity contribution >= 4 is 0 Å². The number of benzene rings is 1. The first-order valence-corrected chi connectivity index (χ1v) is 7.01. The van der Waals surface area contributed by atoms with Gasteiger partial charge in [-0.2, -0.15) is 5.10 Å². The first-order valence-electron chi connectivity index (χ1n) is 7.01. The number of ether oxygens (including phenoxy) is 1. The van der Waals surface area contributed by atoms with Crippen molar-refractivity contribution in [2.45, 2.75) is 38.6 Å². The van der Waals surface area contributed by atoms with Crippen molar-refractivity contribution in [2.24, 2.45) is 0 Å². The molecule has 1 aromatic carbocycles. The smallest absolute Gasteiger partial charge is 0.176 e. The van der Waals surface area contributed by atoms with Gasteiger partial charge >= 0.3 is 0 Å². The van der Waals surface area contributed by atoms with Gasteiger partial charge in [0.1, 0.15) is 6.61 Å². The van der Waals surface area contributed by atoms with Gasteiger partial charge in [-0.3, -0.25) is 0 Å². The quantitative estimate of drug-likeness (QED) is 0.787. The van der Waals surface area contributed by atoms with E-state index in [0.717, 1.165) is 12.0 Å². The molecule has 0 saturated heterocycles. The summed E-state index contributed by atoms with van der Waals surface area (Å²) in [4.78, 5) is 4.27. The van der Waals surface area contributed by atoms with Crippen LogP contribution >= 0.6 is 0 Å². The Kier molecular flexibility index (Phi) is 3.78. The van der Waals surface area contributed by atoms with E-state index < -0.39 is 6.17 Å². The zero-order chi connectivity index (χ0) is 13.9. The molecular formula is C15H18FN3O. The summed E-state index contributed by atoms with van der Waals surface area (Å²) in [5, 5.41) is 4.41. The van der Waals surface area contributed by atoms with Crippen molar-refractivity contribution < 1.29 is 9.13 Å². The highest BCUT2D eigenvalue weighted by Gasteiger charge is 2.35. The highest BCUT2D eigenvalue weighted by Crippen LogP contribution is 2.39. The lowest BCUT2D eigenvalue weighted by atomic mass is 10.0. The van der Waals surface area contributed by atoms with Crippen molar-refractivity contribution in [1.82, 2.24) is 14.8 Å². The summed E-state index contributed by atoms with van der Waals surface area (Å²) in [7, 11) is 0. The number of halogens is 1. The van der Waals surface area contributed by atoms with Crippen LogP contribution in [0.4, 0.5) is 4.39 Å². The Bertz CT molecular complexity index is 570. The minimum Gasteiger partial charge on any atom is -0.373 e. The second-order valence-electron chi connectivity index (χ2n) is 5.01. The number of rotatable bonds is 5. The molecular weight excluding hydrogens is 257 g/mol. The third-order valence-electron chi connectivity index (χ3n) is 3.47. The van der Waals surface area contributed by atoms with Gasteiger partial charge in [0, 0.05) is 13.0 Å². The van der Waals surface area contributed by atoms with Crippen molar-refractivity contribution in [3.63, 3.8) is 0 Å². The molecule has 1 aliphatic heterocycles. The Hall–Kier alpha value is -1.75. The van der Waals surface area contributed by atoms with Gasteiger partial charge < -0.3 is 4.74 Å². The monoisotopic (exact) mass is 275 g/mol. The average Bonchev–Trinajstić information content (AvgIpc) is 3.01. The SMILES string of the molecule is CCCOCc1nc2n(n1)[C@H](c1ccccc1)C[C@@H]2F. The molecule has 0 radical (unpaired) electrons. The zero-order valence-electron chi connectivity index (χ0n) is 11.5. The van der Waals surface area contributed by atoms with E-state index in [4.69, 9.17) is 4.74 Å². The van der Waals surface area contributed by atoms with Gasteiger partial charge in [0.05, 0.1) is 6.04 Å². The van der Waals surface area contributed by atoms with Crippen molar-refractivity contribution in [1.29, 1.82) is 0 Å². The lowest BCUT2D eigenvalue weighted by molar-refractivity contribution is 0.115. The molecule has 0 amide bonds. The molecule has 20 heavy (non-hydrogen) atoms. The second kappa shape index (κ2) is 5.71. The topological polar surface area (TPSA) is 39.9 Å². The third kappa shape index (κ3) is 2.45. The number of alkyl halides is 1. The van der Waals surface area contributed by atoms with Crippen molar-refractivity contribution in [2.75, 3.05) is 6.61 Å². The van der Waals surface area contributed by atoms with Gasteiger partial charge in [-0.15, -0.1) is 0 Å². The second-order valence-corrected chi connectivity index (χ2v) is 5.01. The molecule has 0 bridgehead atoms. The van der Waals surface area contributed by atoms with Crippen LogP contribution in [0.15, 0.2) is 30.3 Å². The van der Waals surface area contributed by atoms with Crippen molar-refractivity contribution in [3.05, 3.63) is 47.5 Å². The van der Waals surface area contributed by atoms with E-state index in [-0.39, 0.29) is 6.04 Å². The normalized spacial score (nSPS) is 21.1. The van der Waals surface area contributed by atoms with E-state index in [1.165, 1.54) is 0 Å². The van der Waals surface area contributed by atoms with Crippen LogP contribution in [0, 0.1) is 0 Å². The molecule has 2 heterocycles. The van der Waals surface area contributed by atoms with Gasteiger partial charge in [0.15, 0.2) is 17.8 Å². The van der Waals surface area contributed by atoms with E-state index in [2.05, 4.69) is 10.1 Å². The average molecular weight is 275 g/mol. The number of hydrogen-bond donors (Lipinski definition) is 0. The lowest BCUT2D eigenvalue weighted by Crippen LogP contribution is -2.08. The maximum Gasteiger partial charge on any atom is 0.176 e. The van der Waals surface area contributed by atoms with Gasteiger partial charge in [-0.05, 0) is 12.0 Å². The Balaban J connectivity index is 1.82. The molecule has 0 N–H and O–H groups in total. The minimum atomic E-state index is -1.05. The van der Waals surface area contributed by atoms with Gasteiger partial charge in [0.2, 0.25) is 0 Å². The molecule has 5 heteroatoms. The number of aromatic nitrogens is 3. The Morgan fingerprint density at radius 3 is 2.90 bits per heavy atom. The fraction of sp³-hybridized carbons (Fsp3) is 0.467. The summed E-state index contributed by atoms with van der Waals surface area (Å²) < 4.78 is 21.2. The predicted octanol–water partition coefficient (Wildman–Crippen LogP) is 3.21. The Morgan fingerprint density at radius 1 is 1.35 bits per heavy atom. The van der Waals surface area contributed by atoms with E-state index in [1.54, 1.807) is 4.68 Å². The molecule has 0 saturated carbocycles. The number of nitrogens with zero attached hydrogens (tertiary/aromatic N) is 3. The molecule has 3 rings (SSSR count). The van der Waals surface area contributed by atoms with E-state index >= 15 is 0 Å². The van der Waals surface area contributed by atoms with E-state index in [9.17, 15) is 4.39 Å². The van der Waals surface area contributed by atoms with Crippen molar-refractivity contribution in [3.8, 4) is 0 Å². The molecule has 1 aromatic heterocycles. The van der Waals surface area contributed by atoms with Crippen LogP contribution in [0.5, 0.6) is 0 Å². The van der Waals surface area contributed by atoms with Gasteiger partial charge in [-0.1, -0.05) is 37.3 Å². The van der Waals surface area contributed by atoms with Crippen LogP contribution in [-0.4, -0.2) is 21.4 Å². The van der Waals surface area contributed by atoms with Crippen LogP contribution in [0.2, 0.25) is 0 Å². The molecule has 0 fully saturated rings. The molecule has 0 aliphatic carbocycles. The summed E-state index contributed by atoms with van der Waals surface area (Å²) in [5.41, 5.74) is 1.07. The minimum absolute atomic E-state index is 0.0615. The van der Waals surface area contributed by atoms with Crippen LogP contribution < -0.4 is 0 Å². The maximum atomic E-state index is 14.1. The summed E-state index contributed by atoms with van der Waals surface area (Å²) in [6.07, 6.45) is 0.314. The Morgan fingerprint density at radius 2 is 2.15 bits per heavy atom. The number of hydrogen-bond acceptors (Lipinski definition) is 3. The maximum absolute atomic E-state index is 14.1. The van der Waals surface area contributed by atoms with Crippen LogP contribution in [0.3, 0.4) is 0 Å². The molecule has 2 atom stereocenters. The third-order valence-corrected chi connectivity index (χ3v) is 3.47.